The van der Waals surface area contributed by atoms with Gasteiger partial charge in [-0.15, -0.1) is 0 Å². The Morgan fingerprint density at radius 1 is 0.968 bits per heavy atom. The monoisotopic (exact) mass is 451 g/mol. The van der Waals surface area contributed by atoms with E-state index < -0.39 is 17.1 Å². The number of amides is 3. The molecule has 0 spiro atoms. The molecule has 3 heterocycles. The number of anilines is 1. The highest BCUT2D eigenvalue weighted by Gasteiger charge is 2.52. The Kier molecular flexibility index (Phi) is 4.99. The molecule has 2 aromatic carbocycles. The van der Waals surface area contributed by atoms with Crippen LogP contribution in [0.1, 0.15) is 16.4 Å². The van der Waals surface area contributed by atoms with Crippen LogP contribution < -0.4 is 15.5 Å². The number of para-hydroxylation sites is 1. The zero-order valence-corrected chi connectivity index (χ0v) is 17.7. The number of hydrogen-bond donors (Lipinski definition) is 2. The third kappa shape index (κ3) is 3.49. The van der Waals surface area contributed by atoms with Crippen molar-refractivity contribution in [3.05, 3.63) is 80.8 Å². The molecule has 2 N–H and O–H groups in total. The van der Waals surface area contributed by atoms with Crippen LogP contribution in [0.5, 0.6) is 0 Å². The Morgan fingerprint density at radius 3 is 2.35 bits per heavy atom. The summed E-state index contributed by atoms with van der Waals surface area (Å²) < 4.78 is 1.41. The lowest BCUT2D eigenvalue weighted by Gasteiger charge is -2.30. The minimum atomic E-state index is -0.636. The first-order valence-corrected chi connectivity index (χ1v) is 11.4. The Balaban J connectivity index is 1.54. The highest BCUT2D eigenvalue weighted by atomic mass is 32.2. The van der Waals surface area contributed by atoms with E-state index in [1.165, 1.54) is 16.3 Å². The van der Waals surface area contributed by atoms with Crippen molar-refractivity contribution in [1.82, 2.24) is 9.88 Å². The Bertz CT molecular complexity index is 1240. The molecule has 3 amide bonds. The standard InChI is InChI=1S/C22H17N3O4S2/c26-14(23-13-9-5-2-6-10-13)11-25-21-18(31-22(25)29)15(12-7-3-1-4-8-12)16-17(30-21)20(28)24-19(16)27/h1-10,15-17H,11H2,(H,23,26)(H,24,27,28)/t15-,16?,17?/m0/s1. The van der Waals surface area contributed by atoms with Crippen molar-refractivity contribution in [2.75, 3.05) is 5.32 Å². The van der Waals surface area contributed by atoms with Crippen LogP contribution in [0.25, 0.3) is 0 Å². The van der Waals surface area contributed by atoms with Gasteiger partial charge in [-0.1, -0.05) is 71.6 Å². The lowest BCUT2D eigenvalue weighted by atomic mass is 9.83. The van der Waals surface area contributed by atoms with Gasteiger partial charge in [0.2, 0.25) is 17.7 Å². The molecule has 0 bridgehead atoms. The number of carbonyl (C=O) groups is 3. The molecular weight excluding hydrogens is 434 g/mol. The van der Waals surface area contributed by atoms with E-state index in [0.29, 0.717) is 10.7 Å². The van der Waals surface area contributed by atoms with E-state index >= 15 is 0 Å². The molecule has 2 unspecified atom stereocenters. The fraction of sp³-hybridized carbons (Fsp3) is 0.182. The van der Waals surface area contributed by atoms with Crippen molar-refractivity contribution in [3.8, 4) is 0 Å². The van der Waals surface area contributed by atoms with Crippen LogP contribution in [0.15, 0.2) is 70.5 Å². The van der Waals surface area contributed by atoms with Crippen LogP contribution in [0.3, 0.4) is 0 Å². The first kappa shape index (κ1) is 19.8. The van der Waals surface area contributed by atoms with E-state index in [0.717, 1.165) is 21.8 Å². The van der Waals surface area contributed by atoms with Crippen molar-refractivity contribution in [2.24, 2.45) is 5.92 Å². The van der Waals surface area contributed by atoms with Gasteiger partial charge in [0.25, 0.3) is 0 Å². The Hall–Kier alpha value is -3.17. The van der Waals surface area contributed by atoms with Crippen LogP contribution in [0.2, 0.25) is 0 Å². The van der Waals surface area contributed by atoms with E-state index in [1.54, 1.807) is 12.1 Å². The molecule has 2 aliphatic heterocycles. The predicted molar refractivity (Wildman–Crippen MR) is 118 cm³/mol. The van der Waals surface area contributed by atoms with Gasteiger partial charge in [-0.2, -0.15) is 0 Å². The van der Waals surface area contributed by atoms with Crippen LogP contribution in [-0.4, -0.2) is 27.5 Å². The van der Waals surface area contributed by atoms with E-state index in [9.17, 15) is 19.2 Å². The summed E-state index contributed by atoms with van der Waals surface area (Å²) in [7, 11) is 0. The van der Waals surface area contributed by atoms with Gasteiger partial charge in [-0.3, -0.25) is 29.1 Å². The zero-order chi connectivity index (χ0) is 21.5. The molecule has 1 aromatic heterocycles. The summed E-state index contributed by atoms with van der Waals surface area (Å²) in [6.07, 6.45) is 0. The van der Waals surface area contributed by atoms with Gasteiger partial charge < -0.3 is 5.32 Å². The van der Waals surface area contributed by atoms with Crippen molar-refractivity contribution in [1.29, 1.82) is 0 Å². The molecule has 3 aromatic rings. The number of imide groups is 1. The molecule has 31 heavy (non-hydrogen) atoms. The molecule has 9 heteroatoms. The number of nitrogens with zero attached hydrogens (tertiary/aromatic N) is 1. The number of hydrogen-bond acceptors (Lipinski definition) is 6. The van der Waals surface area contributed by atoms with Gasteiger partial charge in [0.15, 0.2) is 0 Å². The summed E-state index contributed by atoms with van der Waals surface area (Å²) in [6, 6.07) is 18.4. The molecule has 0 aliphatic carbocycles. The molecule has 7 nitrogen and oxygen atoms in total. The second-order valence-electron chi connectivity index (χ2n) is 7.34. The summed E-state index contributed by atoms with van der Waals surface area (Å²) >= 11 is 2.23. The molecule has 5 rings (SSSR count). The SMILES string of the molecule is O=C(Cn1c2c(sc1=O)[C@@H](c1ccccc1)C1C(=O)NC(=O)C1S2)Nc1ccccc1. The fourth-order valence-electron chi connectivity index (χ4n) is 4.06. The number of rotatable bonds is 4. The number of aromatic nitrogens is 1. The highest BCUT2D eigenvalue weighted by Crippen LogP contribution is 2.51. The average Bonchev–Trinajstić information content (AvgIpc) is 3.23. The molecule has 0 radical (unpaired) electrons. The Morgan fingerprint density at radius 2 is 1.65 bits per heavy atom. The molecule has 1 saturated heterocycles. The van der Waals surface area contributed by atoms with E-state index in [4.69, 9.17) is 0 Å². The van der Waals surface area contributed by atoms with Crippen molar-refractivity contribution in [2.45, 2.75) is 22.7 Å². The van der Waals surface area contributed by atoms with E-state index in [1.807, 2.05) is 48.5 Å². The summed E-state index contributed by atoms with van der Waals surface area (Å²) in [5.41, 5.74) is 1.51. The fourth-order valence-corrected chi connectivity index (χ4v) is 6.80. The number of thioether (sulfide) groups is 1. The quantitative estimate of drug-likeness (QED) is 0.594. The summed E-state index contributed by atoms with van der Waals surface area (Å²) in [5.74, 6) is -2.01. The number of nitrogens with one attached hydrogen (secondary N) is 2. The second-order valence-corrected chi connectivity index (χ2v) is 9.47. The molecule has 156 valence electrons. The third-order valence-corrected chi connectivity index (χ3v) is 8.02. The minimum Gasteiger partial charge on any atom is -0.325 e. The van der Waals surface area contributed by atoms with Crippen molar-refractivity contribution >= 4 is 46.5 Å². The van der Waals surface area contributed by atoms with Gasteiger partial charge in [-0.05, 0) is 17.7 Å². The van der Waals surface area contributed by atoms with Crippen LogP contribution in [-0.2, 0) is 20.9 Å². The maximum Gasteiger partial charge on any atom is 0.308 e. The topological polar surface area (TPSA) is 97.3 Å². The summed E-state index contributed by atoms with van der Waals surface area (Å²) in [4.78, 5) is 51.0. The maximum atomic E-state index is 12.9. The third-order valence-electron chi connectivity index (χ3n) is 5.41. The van der Waals surface area contributed by atoms with E-state index in [2.05, 4.69) is 10.6 Å². The Labute approximate surface area is 185 Å². The van der Waals surface area contributed by atoms with Crippen LogP contribution in [0, 0.1) is 5.92 Å². The highest BCUT2D eigenvalue weighted by molar-refractivity contribution is 8.00. The van der Waals surface area contributed by atoms with Crippen molar-refractivity contribution in [3.63, 3.8) is 0 Å². The largest absolute Gasteiger partial charge is 0.325 e. The lowest BCUT2D eigenvalue weighted by Crippen LogP contribution is -2.32. The first-order valence-electron chi connectivity index (χ1n) is 9.67. The van der Waals surface area contributed by atoms with Gasteiger partial charge in [0.05, 0.1) is 10.9 Å². The smallest absolute Gasteiger partial charge is 0.308 e. The van der Waals surface area contributed by atoms with E-state index in [-0.39, 0.29) is 29.1 Å². The zero-order valence-electron chi connectivity index (χ0n) is 16.1. The van der Waals surface area contributed by atoms with Crippen LogP contribution in [0.4, 0.5) is 5.69 Å². The normalized spacial score (nSPS) is 21.9. The first-order chi connectivity index (χ1) is 15.0. The lowest BCUT2D eigenvalue weighted by molar-refractivity contribution is -0.126. The molecule has 0 saturated carbocycles. The molecule has 2 aliphatic rings. The maximum absolute atomic E-state index is 12.9. The molecule has 1 fully saturated rings. The van der Waals surface area contributed by atoms with Gasteiger partial charge in [-0.25, -0.2) is 0 Å². The number of carbonyl (C=O) groups excluding carboxylic acids is 3. The number of benzene rings is 2. The molecular formula is C22H17N3O4S2. The second kappa shape index (κ2) is 7.82. The van der Waals surface area contributed by atoms with Gasteiger partial charge in [0, 0.05) is 16.5 Å². The van der Waals surface area contributed by atoms with Gasteiger partial charge >= 0.3 is 4.87 Å². The molecule has 3 atom stereocenters. The summed E-state index contributed by atoms with van der Waals surface area (Å²) in [5, 5.41) is 5.16. The predicted octanol–water partition coefficient (Wildman–Crippen LogP) is 2.43. The average molecular weight is 452 g/mol. The van der Waals surface area contributed by atoms with Gasteiger partial charge in [0.1, 0.15) is 11.8 Å². The number of fused-ring (bicyclic) bond motifs is 2. The summed E-state index contributed by atoms with van der Waals surface area (Å²) in [6.45, 7) is -0.166. The van der Waals surface area contributed by atoms with Crippen molar-refractivity contribution < 1.29 is 14.4 Å². The minimum absolute atomic E-state index is 0.166. The van der Waals surface area contributed by atoms with Crippen LogP contribution >= 0.6 is 23.1 Å². The number of thiazole rings is 1.